The minimum absolute atomic E-state index is 0.508. The molecular formula is C15H18N2S. The highest BCUT2D eigenvalue weighted by molar-refractivity contribution is 7.15. The van der Waals surface area contributed by atoms with Gasteiger partial charge in [-0.1, -0.05) is 38.1 Å². The summed E-state index contributed by atoms with van der Waals surface area (Å²) in [6.45, 7) is 4.52. The number of anilines is 1. The van der Waals surface area contributed by atoms with Crippen LogP contribution in [-0.4, -0.2) is 4.98 Å². The lowest BCUT2D eigenvalue weighted by Gasteiger charge is -2.17. The molecule has 1 unspecified atom stereocenters. The summed E-state index contributed by atoms with van der Waals surface area (Å²) in [5.74, 6) is 1.07. The number of nitrogen functional groups attached to an aromatic ring is 1. The molecule has 2 aromatic rings. The third-order valence-corrected chi connectivity index (χ3v) is 4.76. The average Bonchev–Trinajstić information content (AvgIpc) is 2.87. The molecule has 0 bridgehead atoms. The van der Waals surface area contributed by atoms with Crippen LogP contribution in [-0.2, 0) is 6.42 Å². The van der Waals surface area contributed by atoms with Gasteiger partial charge in [0.15, 0.2) is 5.13 Å². The Kier molecular flexibility index (Phi) is 2.86. The first-order valence-electron chi connectivity index (χ1n) is 6.50. The predicted octanol–water partition coefficient (Wildman–Crippen LogP) is 3.93. The number of benzene rings is 1. The van der Waals surface area contributed by atoms with Crippen LogP contribution >= 0.6 is 11.3 Å². The average molecular weight is 258 g/mol. The van der Waals surface area contributed by atoms with Crippen LogP contribution in [0.15, 0.2) is 24.3 Å². The summed E-state index contributed by atoms with van der Waals surface area (Å²) in [6.07, 6.45) is 2.25. The smallest absolute Gasteiger partial charge is 0.180 e. The number of thiazole rings is 1. The van der Waals surface area contributed by atoms with E-state index in [1.54, 1.807) is 11.3 Å². The third kappa shape index (κ3) is 1.83. The lowest BCUT2D eigenvalue weighted by Crippen LogP contribution is -2.01. The first kappa shape index (κ1) is 11.7. The number of fused-ring (bicyclic) bond motifs is 1. The van der Waals surface area contributed by atoms with Crippen molar-refractivity contribution in [3.8, 4) is 0 Å². The summed E-state index contributed by atoms with van der Waals surface area (Å²) >= 11 is 1.67. The van der Waals surface area contributed by atoms with Crippen molar-refractivity contribution in [1.82, 2.24) is 4.98 Å². The molecule has 3 heteroatoms. The van der Waals surface area contributed by atoms with E-state index in [1.165, 1.54) is 28.1 Å². The van der Waals surface area contributed by atoms with Crippen molar-refractivity contribution >= 4 is 16.5 Å². The Balaban J connectivity index is 2.07. The predicted molar refractivity (Wildman–Crippen MR) is 77.2 cm³/mol. The van der Waals surface area contributed by atoms with Gasteiger partial charge in [-0.05, 0) is 29.9 Å². The normalized spacial score (nSPS) is 18.3. The molecule has 1 atom stereocenters. The number of aromatic nitrogens is 1. The number of rotatable bonds is 2. The Labute approximate surface area is 112 Å². The van der Waals surface area contributed by atoms with Gasteiger partial charge in [-0.2, -0.15) is 0 Å². The van der Waals surface area contributed by atoms with Crippen LogP contribution in [0.4, 0.5) is 5.13 Å². The highest BCUT2D eigenvalue weighted by atomic mass is 32.1. The maximum atomic E-state index is 5.83. The largest absolute Gasteiger partial charge is 0.375 e. The number of aryl methyl sites for hydroxylation is 1. The fourth-order valence-electron chi connectivity index (χ4n) is 2.90. The number of nitrogens with two attached hydrogens (primary N) is 1. The Bertz CT molecular complexity index is 572. The summed E-state index contributed by atoms with van der Waals surface area (Å²) in [7, 11) is 0. The van der Waals surface area contributed by atoms with Crippen LogP contribution in [0.5, 0.6) is 0 Å². The van der Waals surface area contributed by atoms with E-state index in [4.69, 9.17) is 5.73 Å². The van der Waals surface area contributed by atoms with Crippen molar-refractivity contribution < 1.29 is 0 Å². The molecule has 0 spiro atoms. The van der Waals surface area contributed by atoms with Gasteiger partial charge in [0.2, 0.25) is 0 Å². The Hall–Kier alpha value is -1.35. The molecule has 1 aromatic carbocycles. The quantitative estimate of drug-likeness (QED) is 0.886. The van der Waals surface area contributed by atoms with Crippen LogP contribution in [0.3, 0.4) is 0 Å². The van der Waals surface area contributed by atoms with Crippen molar-refractivity contribution in [2.45, 2.75) is 38.5 Å². The fraction of sp³-hybridized carbons (Fsp3) is 0.400. The summed E-state index contributed by atoms with van der Waals surface area (Å²) in [6, 6.07) is 8.80. The maximum absolute atomic E-state index is 5.83. The Morgan fingerprint density at radius 1 is 1.33 bits per heavy atom. The minimum atomic E-state index is 0.508. The van der Waals surface area contributed by atoms with E-state index in [9.17, 15) is 0 Å². The number of hydrogen-bond donors (Lipinski definition) is 1. The molecule has 1 aromatic heterocycles. The van der Waals surface area contributed by atoms with Crippen LogP contribution < -0.4 is 5.73 Å². The lowest BCUT2D eigenvalue weighted by atomic mass is 9.88. The van der Waals surface area contributed by atoms with Gasteiger partial charge < -0.3 is 5.73 Å². The molecule has 1 aliphatic carbocycles. The second-order valence-corrected chi connectivity index (χ2v) is 6.30. The van der Waals surface area contributed by atoms with Crippen molar-refractivity contribution in [2.75, 3.05) is 5.73 Å². The van der Waals surface area contributed by atoms with Gasteiger partial charge in [-0.25, -0.2) is 4.98 Å². The fourth-order valence-corrected chi connectivity index (χ4v) is 3.93. The first-order valence-corrected chi connectivity index (χ1v) is 7.32. The van der Waals surface area contributed by atoms with E-state index in [0.717, 1.165) is 6.42 Å². The Morgan fingerprint density at radius 2 is 2.11 bits per heavy atom. The maximum Gasteiger partial charge on any atom is 0.180 e. The van der Waals surface area contributed by atoms with Crippen LogP contribution in [0.1, 0.15) is 53.8 Å². The molecule has 1 aliphatic rings. The van der Waals surface area contributed by atoms with Gasteiger partial charge in [-0.3, -0.25) is 0 Å². The minimum Gasteiger partial charge on any atom is -0.375 e. The molecular weight excluding hydrogens is 240 g/mol. The van der Waals surface area contributed by atoms with Crippen molar-refractivity contribution in [1.29, 1.82) is 0 Å². The van der Waals surface area contributed by atoms with Gasteiger partial charge in [0.1, 0.15) is 0 Å². The monoisotopic (exact) mass is 258 g/mol. The molecule has 3 rings (SSSR count). The van der Waals surface area contributed by atoms with Crippen LogP contribution in [0.2, 0.25) is 0 Å². The molecule has 0 radical (unpaired) electrons. The SMILES string of the molecule is CC(C)c1ccccc1C1CCc2nc(N)sc21. The third-order valence-electron chi connectivity index (χ3n) is 3.72. The summed E-state index contributed by atoms with van der Waals surface area (Å²) in [5.41, 5.74) is 9.99. The molecule has 0 saturated heterocycles. The molecule has 18 heavy (non-hydrogen) atoms. The molecule has 2 nitrogen and oxygen atoms in total. The standard InChI is InChI=1S/C15H18N2S/c1-9(2)10-5-3-4-6-11(10)12-7-8-13-14(12)18-15(16)17-13/h3-6,9,12H,7-8H2,1-2H3,(H2,16,17). The van der Waals surface area contributed by atoms with Crippen LogP contribution in [0.25, 0.3) is 0 Å². The topological polar surface area (TPSA) is 38.9 Å². The van der Waals surface area contributed by atoms with E-state index < -0.39 is 0 Å². The lowest BCUT2D eigenvalue weighted by molar-refractivity contribution is 0.756. The van der Waals surface area contributed by atoms with E-state index in [1.807, 2.05) is 0 Å². The number of nitrogens with zero attached hydrogens (tertiary/aromatic N) is 1. The molecule has 94 valence electrons. The van der Waals surface area contributed by atoms with E-state index in [-0.39, 0.29) is 0 Å². The zero-order chi connectivity index (χ0) is 12.7. The zero-order valence-corrected chi connectivity index (χ0v) is 11.6. The Morgan fingerprint density at radius 3 is 2.89 bits per heavy atom. The van der Waals surface area contributed by atoms with Crippen molar-refractivity contribution in [3.63, 3.8) is 0 Å². The summed E-state index contributed by atoms with van der Waals surface area (Å²) in [4.78, 5) is 5.83. The van der Waals surface area contributed by atoms with Crippen molar-refractivity contribution in [3.05, 3.63) is 46.0 Å². The molecule has 0 saturated carbocycles. The highest BCUT2D eigenvalue weighted by Gasteiger charge is 2.29. The molecule has 0 amide bonds. The zero-order valence-electron chi connectivity index (χ0n) is 10.8. The van der Waals surface area contributed by atoms with Gasteiger partial charge in [0.25, 0.3) is 0 Å². The summed E-state index contributed by atoms with van der Waals surface area (Å²) < 4.78 is 0. The number of hydrogen-bond acceptors (Lipinski definition) is 3. The summed E-state index contributed by atoms with van der Waals surface area (Å²) in [5, 5.41) is 0.715. The molecule has 0 aliphatic heterocycles. The van der Waals surface area contributed by atoms with Gasteiger partial charge in [0.05, 0.1) is 5.69 Å². The van der Waals surface area contributed by atoms with E-state index >= 15 is 0 Å². The second-order valence-electron chi connectivity index (χ2n) is 5.24. The van der Waals surface area contributed by atoms with Crippen molar-refractivity contribution in [2.24, 2.45) is 0 Å². The van der Waals surface area contributed by atoms with E-state index in [0.29, 0.717) is 17.0 Å². The highest BCUT2D eigenvalue weighted by Crippen LogP contribution is 2.44. The molecule has 2 N–H and O–H groups in total. The second kappa shape index (κ2) is 4.39. The van der Waals surface area contributed by atoms with Crippen LogP contribution in [0, 0.1) is 0 Å². The van der Waals surface area contributed by atoms with Gasteiger partial charge in [0, 0.05) is 10.8 Å². The molecule has 0 fully saturated rings. The van der Waals surface area contributed by atoms with E-state index in [2.05, 4.69) is 43.1 Å². The van der Waals surface area contributed by atoms with Gasteiger partial charge in [-0.15, -0.1) is 11.3 Å². The molecule has 1 heterocycles. The van der Waals surface area contributed by atoms with Gasteiger partial charge >= 0.3 is 0 Å². The first-order chi connectivity index (χ1) is 8.66.